The summed E-state index contributed by atoms with van der Waals surface area (Å²) < 4.78 is 34.8. The van der Waals surface area contributed by atoms with Crippen molar-refractivity contribution in [1.82, 2.24) is 0 Å². The Balaban J connectivity index is 2.57. The minimum absolute atomic E-state index is 0.0307. The second-order valence-corrected chi connectivity index (χ2v) is 3.05. The van der Waals surface area contributed by atoms with Crippen molar-refractivity contribution < 1.29 is 23.0 Å². The average Bonchev–Trinajstić information content (AvgIpc) is 2.23. The highest BCUT2D eigenvalue weighted by molar-refractivity contribution is 5.75. The van der Waals surface area contributed by atoms with E-state index in [1.54, 1.807) is 0 Å². The summed E-state index contributed by atoms with van der Waals surface area (Å²) in [5, 5.41) is 0. The minimum Gasteiger partial charge on any atom is -0.491 e. The molecule has 0 heterocycles. The number of hydrogen-bond donors (Lipinski definition) is 1. The van der Waals surface area contributed by atoms with E-state index in [-0.39, 0.29) is 12.4 Å². The summed E-state index contributed by atoms with van der Waals surface area (Å²) >= 11 is 0. The van der Waals surface area contributed by atoms with Crippen LogP contribution in [0.15, 0.2) is 18.2 Å². The first kappa shape index (κ1) is 12.4. The van der Waals surface area contributed by atoms with Crippen molar-refractivity contribution in [2.24, 2.45) is 5.73 Å². The highest BCUT2D eigenvalue weighted by atomic mass is 19.1. The van der Waals surface area contributed by atoms with E-state index in [1.807, 2.05) is 0 Å². The number of methoxy groups -OCH3 is 1. The molecule has 2 N–H and O–H groups in total. The van der Waals surface area contributed by atoms with E-state index >= 15 is 0 Å². The molecule has 0 aliphatic carbocycles. The summed E-state index contributed by atoms with van der Waals surface area (Å²) in [6.07, 6.45) is 0. The van der Waals surface area contributed by atoms with Gasteiger partial charge in [-0.15, -0.1) is 0 Å². The second kappa shape index (κ2) is 5.41. The number of ether oxygens (including phenoxy) is 2. The lowest BCUT2D eigenvalue weighted by Crippen LogP contribution is -2.37. The van der Waals surface area contributed by atoms with Gasteiger partial charge in [0.15, 0.2) is 0 Å². The van der Waals surface area contributed by atoms with Crippen molar-refractivity contribution in [3.05, 3.63) is 29.8 Å². The minimum atomic E-state index is -0.990. The van der Waals surface area contributed by atoms with E-state index in [4.69, 9.17) is 10.5 Å². The molecule has 1 aromatic carbocycles. The van der Waals surface area contributed by atoms with Crippen molar-refractivity contribution in [1.29, 1.82) is 0 Å². The van der Waals surface area contributed by atoms with Gasteiger partial charge in [-0.25, -0.2) is 8.78 Å². The maximum atomic E-state index is 12.7. The molecule has 1 rings (SSSR count). The number of esters is 1. The molecule has 6 heteroatoms. The fourth-order valence-electron chi connectivity index (χ4n) is 1.02. The Hall–Kier alpha value is -1.69. The van der Waals surface area contributed by atoms with Crippen LogP contribution in [-0.4, -0.2) is 25.7 Å². The predicted molar refractivity (Wildman–Crippen MR) is 51.8 cm³/mol. The molecule has 0 bridgehead atoms. The van der Waals surface area contributed by atoms with Crippen molar-refractivity contribution in [3.8, 4) is 5.75 Å². The third-order valence-corrected chi connectivity index (χ3v) is 1.77. The average molecular weight is 231 g/mol. The van der Waals surface area contributed by atoms with Gasteiger partial charge >= 0.3 is 5.97 Å². The van der Waals surface area contributed by atoms with Crippen LogP contribution in [0.1, 0.15) is 0 Å². The van der Waals surface area contributed by atoms with Crippen molar-refractivity contribution in [3.63, 3.8) is 0 Å². The molecule has 0 aliphatic heterocycles. The van der Waals surface area contributed by atoms with Crippen LogP contribution in [0.3, 0.4) is 0 Å². The summed E-state index contributed by atoms with van der Waals surface area (Å²) in [6, 6.07) is 1.71. The van der Waals surface area contributed by atoms with Crippen molar-refractivity contribution in [2.45, 2.75) is 6.04 Å². The first-order valence-corrected chi connectivity index (χ1v) is 4.45. The molecular formula is C10H11F2NO3. The van der Waals surface area contributed by atoms with Gasteiger partial charge in [0.25, 0.3) is 0 Å². The van der Waals surface area contributed by atoms with Gasteiger partial charge in [0.2, 0.25) is 0 Å². The summed E-state index contributed by atoms with van der Waals surface area (Å²) in [5.74, 6) is -2.21. The number of rotatable bonds is 4. The van der Waals surface area contributed by atoms with Gasteiger partial charge in [-0.1, -0.05) is 0 Å². The number of benzene rings is 1. The quantitative estimate of drug-likeness (QED) is 0.780. The molecule has 1 atom stereocenters. The standard InChI is InChI=1S/C10H11F2NO3/c1-15-10(14)9(13)5-16-8-3-6(11)2-7(12)4-8/h2-4,9H,5,13H2,1H3/t9-/m0/s1. The predicted octanol–water partition coefficient (Wildman–Crippen LogP) is 0.844. The Morgan fingerprint density at radius 3 is 2.44 bits per heavy atom. The second-order valence-electron chi connectivity index (χ2n) is 3.05. The topological polar surface area (TPSA) is 61.5 Å². The molecule has 0 aliphatic rings. The molecule has 0 aromatic heterocycles. The highest BCUT2D eigenvalue weighted by Gasteiger charge is 2.14. The number of hydrogen-bond acceptors (Lipinski definition) is 4. The zero-order valence-electron chi connectivity index (χ0n) is 8.57. The first-order valence-electron chi connectivity index (χ1n) is 4.45. The highest BCUT2D eigenvalue weighted by Crippen LogP contribution is 2.15. The summed E-state index contributed by atoms with van der Waals surface area (Å²) in [4.78, 5) is 10.9. The Labute approximate surface area is 91.0 Å². The molecule has 88 valence electrons. The number of nitrogens with two attached hydrogens (primary N) is 1. The number of halogens is 2. The van der Waals surface area contributed by atoms with Gasteiger partial charge in [-0.05, 0) is 0 Å². The summed E-state index contributed by atoms with van der Waals surface area (Å²) in [5.41, 5.74) is 5.36. The van der Waals surface area contributed by atoms with E-state index in [9.17, 15) is 13.6 Å². The van der Waals surface area contributed by atoms with Crippen LogP contribution in [0, 0.1) is 11.6 Å². The number of carbonyl (C=O) groups excluding carboxylic acids is 1. The lowest BCUT2D eigenvalue weighted by atomic mass is 10.3. The van der Waals surface area contributed by atoms with Gasteiger partial charge < -0.3 is 15.2 Å². The Kier molecular flexibility index (Phi) is 4.19. The van der Waals surface area contributed by atoms with E-state index in [2.05, 4.69) is 4.74 Å². The lowest BCUT2D eigenvalue weighted by molar-refractivity contribution is -0.142. The third-order valence-electron chi connectivity index (χ3n) is 1.77. The van der Waals surface area contributed by atoms with E-state index in [0.717, 1.165) is 12.1 Å². The van der Waals surface area contributed by atoms with Gasteiger partial charge in [0.1, 0.15) is 30.0 Å². The SMILES string of the molecule is COC(=O)[C@@H](N)COc1cc(F)cc(F)c1. The fraction of sp³-hybridized carbons (Fsp3) is 0.300. The fourth-order valence-corrected chi connectivity index (χ4v) is 1.02. The molecular weight excluding hydrogens is 220 g/mol. The van der Waals surface area contributed by atoms with Gasteiger partial charge in [-0.2, -0.15) is 0 Å². The van der Waals surface area contributed by atoms with Gasteiger partial charge in [0, 0.05) is 18.2 Å². The molecule has 0 amide bonds. The molecule has 0 radical (unpaired) electrons. The van der Waals surface area contributed by atoms with Gasteiger partial charge in [-0.3, -0.25) is 4.79 Å². The van der Waals surface area contributed by atoms with Crippen LogP contribution in [0.4, 0.5) is 8.78 Å². The maximum Gasteiger partial charge on any atom is 0.326 e. The van der Waals surface area contributed by atoms with Crippen molar-refractivity contribution >= 4 is 5.97 Å². The van der Waals surface area contributed by atoms with Crippen molar-refractivity contribution in [2.75, 3.05) is 13.7 Å². The molecule has 1 aromatic rings. The third kappa shape index (κ3) is 3.47. The largest absolute Gasteiger partial charge is 0.491 e. The Bertz CT molecular complexity index is 364. The summed E-state index contributed by atoms with van der Waals surface area (Å²) in [7, 11) is 1.18. The van der Waals surface area contributed by atoms with Crippen LogP contribution in [-0.2, 0) is 9.53 Å². The molecule has 16 heavy (non-hydrogen) atoms. The molecule has 0 saturated carbocycles. The van der Waals surface area contributed by atoms with Crippen LogP contribution < -0.4 is 10.5 Å². The van der Waals surface area contributed by atoms with Crippen LogP contribution in [0.5, 0.6) is 5.75 Å². The molecule has 0 spiro atoms. The first-order chi connectivity index (χ1) is 7.52. The number of carbonyl (C=O) groups is 1. The zero-order valence-corrected chi connectivity index (χ0v) is 8.57. The molecule has 0 saturated heterocycles. The smallest absolute Gasteiger partial charge is 0.326 e. The van der Waals surface area contributed by atoms with E-state index in [0.29, 0.717) is 6.07 Å². The van der Waals surface area contributed by atoms with Crippen LogP contribution in [0.25, 0.3) is 0 Å². The molecule has 0 fully saturated rings. The Morgan fingerprint density at radius 2 is 1.94 bits per heavy atom. The van der Waals surface area contributed by atoms with Gasteiger partial charge in [0.05, 0.1) is 7.11 Å². The van der Waals surface area contributed by atoms with Crippen LogP contribution >= 0.6 is 0 Å². The maximum absolute atomic E-state index is 12.7. The zero-order chi connectivity index (χ0) is 12.1. The monoisotopic (exact) mass is 231 g/mol. The lowest BCUT2D eigenvalue weighted by Gasteiger charge is -2.11. The molecule has 4 nitrogen and oxygen atoms in total. The Morgan fingerprint density at radius 1 is 1.38 bits per heavy atom. The van der Waals surface area contributed by atoms with E-state index in [1.165, 1.54) is 7.11 Å². The van der Waals surface area contributed by atoms with Crippen LogP contribution in [0.2, 0.25) is 0 Å². The normalized spacial score (nSPS) is 12.0. The molecule has 0 unspecified atom stereocenters. The summed E-state index contributed by atoms with van der Waals surface area (Å²) in [6.45, 7) is -0.213. The van der Waals surface area contributed by atoms with E-state index < -0.39 is 23.6 Å².